The fourth-order valence-electron chi connectivity index (χ4n) is 2.73. The number of hydrogen-bond donors (Lipinski definition) is 3. The van der Waals surface area contributed by atoms with Gasteiger partial charge in [-0.2, -0.15) is 5.10 Å². The molecule has 0 radical (unpaired) electrons. The number of carbonyl (C=O) groups excluding carboxylic acids is 1. The van der Waals surface area contributed by atoms with E-state index in [1.54, 1.807) is 6.07 Å². The summed E-state index contributed by atoms with van der Waals surface area (Å²) in [5.74, 6) is -0.0216. The molecule has 128 valence electrons. The van der Waals surface area contributed by atoms with E-state index in [0.29, 0.717) is 23.2 Å². The van der Waals surface area contributed by atoms with Crippen molar-refractivity contribution in [1.82, 2.24) is 15.5 Å². The SMILES string of the molecule is CNCCCC(=O)Nc1cccc(-c2n[nH]c(=O)c3ccccc23)c1. The van der Waals surface area contributed by atoms with Crippen molar-refractivity contribution in [1.29, 1.82) is 0 Å². The highest BCUT2D eigenvalue weighted by molar-refractivity contribution is 5.95. The number of benzene rings is 2. The number of rotatable bonds is 6. The molecule has 25 heavy (non-hydrogen) atoms. The van der Waals surface area contributed by atoms with E-state index >= 15 is 0 Å². The van der Waals surface area contributed by atoms with Gasteiger partial charge in [0.2, 0.25) is 5.91 Å². The molecule has 3 N–H and O–H groups in total. The number of nitrogens with zero attached hydrogens (tertiary/aromatic N) is 1. The summed E-state index contributed by atoms with van der Waals surface area (Å²) in [5, 5.41) is 14.0. The zero-order chi connectivity index (χ0) is 17.6. The number of aromatic amines is 1. The molecule has 0 unspecified atom stereocenters. The summed E-state index contributed by atoms with van der Waals surface area (Å²) >= 11 is 0. The maximum absolute atomic E-state index is 12.0. The van der Waals surface area contributed by atoms with E-state index < -0.39 is 0 Å². The first-order valence-corrected chi connectivity index (χ1v) is 8.21. The second-order valence-electron chi connectivity index (χ2n) is 5.78. The lowest BCUT2D eigenvalue weighted by atomic mass is 10.0. The average Bonchev–Trinajstić information content (AvgIpc) is 2.63. The Balaban J connectivity index is 1.89. The third-order valence-corrected chi connectivity index (χ3v) is 3.95. The number of aromatic nitrogens is 2. The minimum Gasteiger partial charge on any atom is -0.326 e. The first-order valence-electron chi connectivity index (χ1n) is 8.21. The zero-order valence-corrected chi connectivity index (χ0v) is 14.0. The molecule has 0 spiro atoms. The van der Waals surface area contributed by atoms with Gasteiger partial charge < -0.3 is 10.6 Å². The van der Waals surface area contributed by atoms with E-state index in [9.17, 15) is 9.59 Å². The Kier molecular flexibility index (Phi) is 5.20. The predicted octanol–water partition coefficient (Wildman–Crippen LogP) is 2.53. The second kappa shape index (κ2) is 7.72. The minimum atomic E-state index is -0.214. The molecule has 0 saturated heterocycles. The van der Waals surface area contributed by atoms with Crippen LogP contribution in [-0.2, 0) is 4.79 Å². The van der Waals surface area contributed by atoms with E-state index in [2.05, 4.69) is 20.8 Å². The Morgan fingerprint density at radius 3 is 2.72 bits per heavy atom. The fraction of sp³-hybridized carbons (Fsp3) is 0.211. The summed E-state index contributed by atoms with van der Waals surface area (Å²) in [4.78, 5) is 23.9. The van der Waals surface area contributed by atoms with Crippen LogP contribution in [0, 0.1) is 0 Å². The standard InChI is InChI=1S/C19H20N4O2/c1-20-11-5-10-17(24)21-14-7-4-6-13(12-14)18-15-8-2-3-9-16(15)19(25)23-22-18/h2-4,6-9,12,20H,5,10-11H2,1H3,(H,21,24)(H,23,25). The van der Waals surface area contributed by atoms with Gasteiger partial charge in [-0.05, 0) is 38.2 Å². The lowest BCUT2D eigenvalue weighted by molar-refractivity contribution is -0.116. The number of hydrogen-bond acceptors (Lipinski definition) is 4. The molecule has 0 bridgehead atoms. The van der Waals surface area contributed by atoms with E-state index in [0.717, 1.165) is 23.9 Å². The molecule has 0 saturated carbocycles. The molecule has 0 atom stereocenters. The third kappa shape index (κ3) is 3.92. The summed E-state index contributed by atoms with van der Waals surface area (Å²) in [6.45, 7) is 0.806. The molecule has 6 nitrogen and oxygen atoms in total. The summed E-state index contributed by atoms with van der Waals surface area (Å²) in [7, 11) is 1.86. The van der Waals surface area contributed by atoms with Gasteiger partial charge in [0, 0.05) is 23.1 Å². The van der Waals surface area contributed by atoms with Crippen LogP contribution in [0.25, 0.3) is 22.0 Å². The Morgan fingerprint density at radius 2 is 1.92 bits per heavy atom. The van der Waals surface area contributed by atoms with Gasteiger partial charge in [-0.3, -0.25) is 9.59 Å². The monoisotopic (exact) mass is 336 g/mol. The summed E-state index contributed by atoms with van der Waals surface area (Å²) < 4.78 is 0. The normalized spacial score (nSPS) is 10.8. The van der Waals surface area contributed by atoms with Gasteiger partial charge in [-0.15, -0.1) is 0 Å². The van der Waals surface area contributed by atoms with Crippen molar-refractivity contribution >= 4 is 22.4 Å². The van der Waals surface area contributed by atoms with E-state index in [1.807, 2.05) is 49.5 Å². The molecule has 0 aliphatic heterocycles. The maximum Gasteiger partial charge on any atom is 0.272 e. The van der Waals surface area contributed by atoms with Crippen LogP contribution in [0.1, 0.15) is 12.8 Å². The molecule has 2 aromatic carbocycles. The molecule has 1 aromatic heterocycles. The summed E-state index contributed by atoms with van der Waals surface area (Å²) in [6.07, 6.45) is 1.25. The van der Waals surface area contributed by atoms with Crippen LogP contribution >= 0.6 is 0 Å². The number of fused-ring (bicyclic) bond motifs is 1. The van der Waals surface area contributed by atoms with E-state index in [4.69, 9.17) is 0 Å². The van der Waals surface area contributed by atoms with Crippen LogP contribution in [0.4, 0.5) is 5.69 Å². The van der Waals surface area contributed by atoms with E-state index in [-0.39, 0.29) is 11.5 Å². The van der Waals surface area contributed by atoms with Crippen molar-refractivity contribution in [3.05, 3.63) is 58.9 Å². The fourth-order valence-corrected chi connectivity index (χ4v) is 2.73. The van der Waals surface area contributed by atoms with Crippen molar-refractivity contribution in [3.63, 3.8) is 0 Å². The Bertz CT molecular complexity index is 949. The lowest BCUT2D eigenvalue weighted by Gasteiger charge is -2.09. The highest BCUT2D eigenvalue weighted by Crippen LogP contribution is 2.26. The smallest absolute Gasteiger partial charge is 0.272 e. The molecule has 0 aliphatic carbocycles. The van der Waals surface area contributed by atoms with E-state index in [1.165, 1.54) is 0 Å². The van der Waals surface area contributed by atoms with Gasteiger partial charge in [-0.1, -0.05) is 30.3 Å². The number of H-pyrrole nitrogens is 1. The molecular weight excluding hydrogens is 316 g/mol. The highest BCUT2D eigenvalue weighted by atomic mass is 16.1. The second-order valence-corrected chi connectivity index (χ2v) is 5.78. The van der Waals surface area contributed by atoms with Gasteiger partial charge in [0.1, 0.15) is 0 Å². The van der Waals surface area contributed by atoms with Gasteiger partial charge in [0.05, 0.1) is 11.1 Å². The molecule has 0 fully saturated rings. The minimum absolute atomic E-state index is 0.0216. The molecule has 0 aliphatic rings. The molecule has 1 heterocycles. The topological polar surface area (TPSA) is 86.9 Å². The predicted molar refractivity (Wildman–Crippen MR) is 99.6 cm³/mol. The van der Waals surface area contributed by atoms with Crippen LogP contribution in [-0.4, -0.2) is 29.7 Å². The first-order chi connectivity index (χ1) is 12.2. The molecule has 3 rings (SSSR count). The Hall–Kier alpha value is -2.99. The van der Waals surface area contributed by atoms with Crippen molar-refractivity contribution in [2.45, 2.75) is 12.8 Å². The van der Waals surface area contributed by atoms with Crippen molar-refractivity contribution in [2.75, 3.05) is 18.9 Å². The van der Waals surface area contributed by atoms with Gasteiger partial charge in [0.15, 0.2) is 0 Å². The summed E-state index contributed by atoms with van der Waals surface area (Å²) in [5.41, 5.74) is 2.01. The zero-order valence-electron chi connectivity index (χ0n) is 14.0. The number of nitrogens with one attached hydrogen (secondary N) is 3. The van der Waals surface area contributed by atoms with Crippen molar-refractivity contribution in [3.8, 4) is 11.3 Å². The largest absolute Gasteiger partial charge is 0.326 e. The van der Waals surface area contributed by atoms with Crippen molar-refractivity contribution < 1.29 is 4.79 Å². The molecule has 1 amide bonds. The number of carbonyl (C=O) groups is 1. The van der Waals surface area contributed by atoms with Crippen LogP contribution in [0.2, 0.25) is 0 Å². The quantitative estimate of drug-likeness (QED) is 0.604. The number of anilines is 1. The van der Waals surface area contributed by atoms with Crippen LogP contribution in [0.5, 0.6) is 0 Å². The Morgan fingerprint density at radius 1 is 1.12 bits per heavy atom. The molecule has 3 aromatic rings. The lowest BCUT2D eigenvalue weighted by Crippen LogP contribution is -2.15. The van der Waals surface area contributed by atoms with Gasteiger partial charge in [0.25, 0.3) is 5.56 Å². The third-order valence-electron chi connectivity index (χ3n) is 3.95. The highest BCUT2D eigenvalue weighted by Gasteiger charge is 2.09. The average molecular weight is 336 g/mol. The van der Waals surface area contributed by atoms with Crippen LogP contribution < -0.4 is 16.2 Å². The van der Waals surface area contributed by atoms with Crippen LogP contribution in [0.3, 0.4) is 0 Å². The van der Waals surface area contributed by atoms with Crippen molar-refractivity contribution in [2.24, 2.45) is 0 Å². The van der Waals surface area contributed by atoms with Gasteiger partial charge >= 0.3 is 0 Å². The molecular formula is C19H20N4O2. The molecule has 6 heteroatoms. The first kappa shape index (κ1) is 16.9. The number of amides is 1. The maximum atomic E-state index is 12.0. The summed E-state index contributed by atoms with van der Waals surface area (Å²) in [6, 6.07) is 14.8. The Labute approximate surface area is 145 Å². The van der Waals surface area contributed by atoms with Crippen LogP contribution in [0.15, 0.2) is 53.3 Å². The van der Waals surface area contributed by atoms with Gasteiger partial charge in [-0.25, -0.2) is 5.10 Å².